The summed E-state index contributed by atoms with van der Waals surface area (Å²) in [5.74, 6) is -0.289. The number of carbonyl (C=O) groups is 2. The molecule has 0 radical (unpaired) electrons. The highest BCUT2D eigenvalue weighted by Gasteiger charge is 2.30. The van der Waals surface area contributed by atoms with E-state index < -0.39 is 6.04 Å². The van der Waals surface area contributed by atoms with Gasteiger partial charge in [-0.05, 0) is 41.3 Å². The Kier molecular flexibility index (Phi) is 7.85. The van der Waals surface area contributed by atoms with E-state index in [0.29, 0.717) is 18.0 Å². The van der Waals surface area contributed by atoms with E-state index in [-0.39, 0.29) is 18.2 Å². The van der Waals surface area contributed by atoms with E-state index in [0.717, 1.165) is 22.3 Å². The van der Waals surface area contributed by atoms with Gasteiger partial charge in [0.05, 0.1) is 6.42 Å². The van der Waals surface area contributed by atoms with Gasteiger partial charge in [-0.1, -0.05) is 78.3 Å². The maximum absolute atomic E-state index is 13.5. The second kappa shape index (κ2) is 10.8. The minimum absolute atomic E-state index is 0.0983. The fraction of sp³-hybridized carbons (Fsp3) is 0.231. The van der Waals surface area contributed by atoms with Crippen LogP contribution in [0.25, 0.3) is 0 Å². The number of amides is 2. The molecular formula is C26H27ClN2O2. The Hall–Kier alpha value is -3.11. The third kappa shape index (κ3) is 6.19. The first-order valence-electron chi connectivity index (χ1n) is 10.3. The summed E-state index contributed by atoms with van der Waals surface area (Å²) in [6.07, 6.45) is 0.663. The summed E-state index contributed by atoms with van der Waals surface area (Å²) in [4.78, 5) is 28.1. The van der Waals surface area contributed by atoms with Gasteiger partial charge in [-0.15, -0.1) is 0 Å². The van der Waals surface area contributed by atoms with Crippen molar-refractivity contribution < 1.29 is 9.59 Å². The van der Waals surface area contributed by atoms with Crippen molar-refractivity contribution in [1.82, 2.24) is 10.2 Å². The summed E-state index contributed by atoms with van der Waals surface area (Å²) in [5.41, 5.74) is 3.89. The lowest BCUT2D eigenvalue weighted by Crippen LogP contribution is -2.50. The molecule has 0 heterocycles. The molecule has 3 rings (SSSR count). The van der Waals surface area contributed by atoms with Crippen molar-refractivity contribution in [3.05, 3.63) is 106 Å². The van der Waals surface area contributed by atoms with Gasteiger partial charge in [0.1, 0.15) is 6.04 Å². The maximum Gasteiger partial charge on any atom is 0.242 e. The van der Waals surface area contributed by atoms with Crippen LogP contribution in [-0.4, -0.2) is 29.8 Å². The van der Waals surface area contributed by atoms with Gasteiger partial charge in [-0.25, -0.2) is 0 Å². The highest BCUT2D eigenvalue weighted by molar-refractivity contribution is 6.30. The fourth-order valence-corrected chi connectivity index (χ4v) is 3.84. The summed E-state index contributed by atoms with van der Waals surface area (Å²) in [7, 11) is 1.60. The highest BCUT2D eigenvalue weighted by atomic mass is 35.5. The smallest absolute Gasteiger partial charge is 0.242 e. The van der Waals surface area contributed by atoms with Crippen LogP contribution >= 0.6 is 11.6 Å². The Balaban J connectivity index is 1.95. The van der Waals surface area contributed by atoms with Crippen LogP contribution < -0.4 is 5.32 Å². The predicted molar refractivity (Wildman–Crippen MR) is 125 cm³/mol. The molecule has 0 aromatic heterocycles. The van der Waals surface area contributed by atoms with Gasteiger partial charge in [0.25, 0.3) is 0 Å². The van der Waals surface area contributed by atoms with Crippen LogP contribution in [0, 0.1) is 6.92 Å². The molecule has 0 aliphatic carbocycles. The number of hydrogen-bond acceptors (Lipinski definition) is 2. The maximum atomic E-state index is 13.5. The Morgan fingerprint density at radius 2 is 1.61 bits per heavy atom. The van der Waals surface area contributed by atoms with Crippen LogP contribution in [0.3, 0.4) is 0 Å². The predicted octanol–water partition coefficient (Wildman–Crippen LogP) is 4.58. The zero-order valence-electron chi connectivity index (χ0n) is 17.8. The second-order valence-corrected chi connectivity index (χ2v) is 8.01. The van der Waals surface area contributed by atoms with Crippen LogP contribution in [0.1, 0.15) is 22.3 Å². The van der Waals surface area contributed by atoms with Crippen LogP contribution in [0.4, 0.5) is 0 Å². The molecule has 3 aromatic rings. The largest absolute Gasteiger partial charge is 0.357 e. The average molecular weight is 435 g/mol. The molecular weight excluding hydrogens is 408 g/mol. The first kappa shape index (κ1) is 22.6. The Morgan fingerprint density at radius 1 is 0.935 bits per heavy atom. The Labute approximate surface area is 188 Å². The van der Waals surface area contributed by atoms with Crippen molar-refractivity contribution in [3.8, 4) is 0 Å². The number of halogens is 1. The van der Waals surface area contributed by atoms with Crippen molar-refractivity contribution >= 4 is 23.4 Å². The third-order valence-corrected chi connectivity index (χ3v) is 5.60. The number of benzene rings is 3. The van der Waals surface area contributed by atoms with Gasteiger partial charge in [-0.2, -0.15) is 0 Å². The van der Waals surface area contributed by atoms with E-state index in [1.54, 1.807) is 18.0 Å². The first-order valence-corrected chi connectivity index (χ1v) is 10.7. The number of likely N-dealkylation sites (N-methyl/N-ethyl adjacent to an activating group) is 1. The summed E-state index contributed by atoms with van der Waals surface area (Å²) in [6.45, 7) is 2.29. The number of aryl methyl sites for hydroxylation is 1. The molecule has 0 aliphatic rings. The lowest BCUT2D eigenvalue weighted by molar-refractivity contribution is -0.140. The van der Waals surface area contributed by atoms with E-state index in [1.807, 2.05) is 79.7 Å². The van der Waals surface area contributed by atoms with Crippen molar-refractivity contribution in [2.75, 3.05) is 7.05 Å². The molecule has 0 unspecified atom stereocenters. The normalized spacial score (nSPS) is 11.6. The minimum Gasteiger partial charge on any atom is -0.357 e. The molecule has 5 heteroatoms. The summed E-state index contributed by atoms with van der Waals surface area (Å²) in [6, 6.07) is 24.3. The van der Waals surface area contributed by atoms with E-state index >= 15 is 0 Å². The molecule has 1 atom stereocenters. The number of rotatable bonds is 8. The molecule has 0 fully saturated rings. The molecule has 0 aliphatic heterocycles. The molecule has 4 nitrogen and oxygen atoms in total. The Bertz CT molecular complexity index is 1040. The topological polar surface area (TPSA) is 49.4 Å². The van der Waals surface area contributed by atoms with Crippen molar-refractivity contribution in [1.29, 1.82) is 0 Å². The molecule has 0 spiro atoms. The average Bonchev–Trinajstić information content (AvgIpc) is 2.78. The molecule has 0 bridgehead atoms. The van der Waals surface area contributed by atoms with Gasteiger partial charge in [0, 0.05) is 25.0 Å². The highest BCUT2D eigenvalue weighted by Crippen LogP contribution is 2.19. The van der Waals surface area contributed by atoms with E-state index in [2.05, 4.69) is 5.32 Å². The van der Waals surface area contributed by atoms with Gasteiger partial charge < -0.3 is 10.2 Å². The molecule has 1 N–H and O–H groups in total. The van der Waals surface area contributed by atoms with Gasteiger partial charge in [0.15, 0.2) is 0 Å². The summed E-state index contributed by atoms with van der Waals surface area (Å²) < 4.78 is 0. The van der Waals surface area contributed by atoms with Crippen LogP contribution in [0.5, 0.6) is 0 Å². The van der Waals surface area contributed by atoms with Crippen molar-refractivity contribution in [2.24, 2.45) is 0 Å². The zero-order chi connectivity index (χ0) is 22.2. The minimum atomic E-state index is -0.636. The monoisotopic (exact) mass is 434 g/mol. The van der Waals surface area contributed by atoms with Crippen molar-refractivity contribution in [3.63, 3.8) is 0 Å². The van der Waals surface area contributed by atoms with Gasteiger partial charge in [-0.3, -0.25) is 9.59 Å². The van der Waals surface area contributed by atoms with Crippen LogP contribution in [0.15, 0.2) is 78.9 Å². The standard InChI is InChI=1S/C26H27ClN2O2/c1-19-9-6-7-13-22(19)17-25(30)29(18-21-12-8-14-23(27)15-21)24(26(31)28-2)16-20-10-4-3-5-11-20/h3-15,24H,16-18H2,1-2H3,(H,28,31)/t24-/m0/s1. The van der Waals surface area contributed by atoms with Crippen molar-refractivity contribution in [2.45, 2.75) is 32.4 Å². The quantitative estimate of drug-likeness (QED) is 0.564. The third-order valence-electron chi connectivity index (χ3n) is 5.36. The molecule has 3 aromatic carbocycles. The fourth-order valence-electron chi connectivity index (χ4n) is 3.63. The molecule has 0 saturated heterocycles. The van der Waals surface area contributed by atoms with Gasteiger partial charge >= 0.3 is 0 Å². The first-order chi connectivity index (χ1) is 15.0. The van der Waals surface area contributed by atoms with Crippen LogP contribution in [-0.2, 0) is 29.0 Å². The molecule has 31 heavy (non-hydrogen) atoms. The summed E-state index contributed by atoms with van der Waals surface area (Å²) >= 11 is 6.17. The number of nitrogens with zero attached hydrogens (tertiary/aromatic N) is 1. The lowest BCUT2D eigenvalue weighted by Gasteiger charge is -2.31. The van der Waals surface area contributed by atoms with E-state index in [9.17, 15) is 9.59 Å². The zero-order valence-corrected chi connectivity index (χ0v) is 18.6. The Morgan fingerprint density at radius 3 is 2.29 bits per heavy atom. The lowest BCUT2D eigenvalue weighted by atomic mass is 10.0. The molecule has 160 valence electrons. The van der Waals surface area contributed by atoms with Gasteiger partial charge in [0.2, 0.25) is 11.8 Å². The number of hydrogen-bond donors (Lipinski definition) is 1. The number of nitrogens with one attached hydrogen (secondary N) is 1. The van der Waals surface area contributed by atoms with E-state index in [1.165, 1.54) is 0 Å². The van der Waals surface area contributed by atoms with E-state index in [4.69, 9.17) is 11.6 Å². The molecule has 2 amide bonds. The van der Waals surface area contributed by atoms with Crippen LogP contribution in [0.2, 0.25) is 5.02 Å². The summed E-state index contributed by atoms with van der Waals surface area (Å²) in [5, 5.41) is 3.33. The number of carbonyl (C=O) groups excluding carboxylic acids is 2. The second-order valence-electron chi connectivity index (χ2n) is 7.57. The SMILES string of the molecule is CNC(=O)[C@H](Cc1ccccc1)N(Cc1cccc(Cl)c1)C(=O)Cc1ccccc1C. The molecule has 0 saturated carbocycles.